The number of aryl methyl sites for hydroxylation is 1. The first-order valence-electron chi connectivity index (χ1n) is 9.15. The van der Waals surface area contributed by atoms with E-state index in [1.807, 2.05) is 12.4 Å². The van der Waals surface area contributed by atoms with Crippen LogP contribution in [-0.2, 0) is 12.8 Å². The molecule has 2 aliphatic carbocycles. The van der Waals surface area contributed by atoms with E-state index in [9.17, 15) is 0 Å². The Kier molecular flexibility index (Phi) is 3.84. The second-order valence-electron chi connectivity index (χ2n) is 7.13. The average Bonchev–Trinajstić information content (AvgIpc) is 3.39. The van der Waals surface area contributed by atoms with Gasteiger partial charge in [-0.1, -0.05) is 0 Å². The Morgan fingerprint density at radius 3 is 2.36 bits per heavy atom. The Balaban J connectivity index is 1.36. The molecule has 2 fully saturated rings. The van der Waals surface area contributed by atoms with Crippen LogP contribution in [0.4, 0.5) is 11.8 Å². The van der Waals surface area contributed by atoms with E-state index in [0.717, 1.165) is 55.3 Å². The number of rotatable bonds is 3. The van der Waals surface area contributed by atoms with Crippen molar-refractivity contribution in [2.24, 2.45) is 0 Å². The van der Waals surface area contributed by atoms with E-state index >= 15 is 0 Å². The van der Waals surface area contributed by atoms with E-state index in [0.29, 0.717) is 5.92 Å². The first-order valence-corrected chi connectivity index (χ1v) is 9.94. The second-order valence-corrected chi connectivity index (χ2v) is 8.05. The molecule has 0 unspecified atom stereocenters. The van der Waals surface area contributed by atoms with Crippen molar-refractivity contribution in [1.82, 2.24) is 19.9 Å². The van der Waals surface area contributed by atoms with Crippen LogP contribution in [-0.4, -0.2) is 46.1 Å². The zero-order valence-electron chi connectivity index (χ0n) is 14.2. The van der Waals surface area contributed by atoms with Crippen LogP contribution in [0.2, 0.25) is 0 Å². The molecule has 1 aliphatic heterocycles. The van der Waals surface area contributed by atoms with E-state index in [2.05, 4.69) is 35.7 Å². The van der Waals surface area contributed by atoms with Crippen molar-refractivity contribution in [2.45, 2.75) is 38.0 Å². The summed E-state index contributed by atoms with van der Waals surface area (Å²) >= 11 is 3.40. The predicted octanol–water partition coefficient (Wildman–Crippen LogP) is 2.72. The fourth-order valence-electron chi connectivity index (χ4n) is 3.80. The van der Waals surface area contributed by atoms with Crippen molar-refractivity contribution in [3.8, 4) is 0 Å². The molecule has 3 aliphatic rings. The van der Waals surface area contributed by atoms with E-state index in [4.69, 9.17) is 9.97 Å². The van der Waals surface area contributed by atoms with Crippen molar-refractivity contribution in [3.05, 3.63) is 33.9 Å². The zero-order valence-corrected chi connectivity index (χ0v) is 15.7. The van der Waals surface area contributed by atoms with Gasteiger partial charge in [0.15, 0.2) is 0 Å². The molecule has 2 aromatic rings. The topological polar surface area (TPSA) is 58.0 Å². The minimum Gasteiger partial charge on any atom is -0.353 e. The summed E-state index contributed by atoms with van der Waals surface area (Å²) in [6.07, 6.45) is 9.61. The van der Waals surface area contributed by atoms with E-state index < -0.39 is 0 Å². The van der Waals surface area contributed by atoms with E-state index in [1.54, 1.807) is 0 Å². The largest absolute Gasteiger partial charge is 0.353 e. The molecule has 1 saturated heterocycles. The highest BCUT2D eigenvalue weighted by Crippen LogP contribution is 2.40. The molecule has 5 rings (SSSR count). The van der Waals surface area contributed by atoms with Crippen molar-refractivity contribution >= 4 is 27.7 Å². The molecule has 3 heterocycles. The third-order valence-corrected chi connectivity index (χ3v) is 5.75. The summed E-state index contributed by atoms with van der Waals surface area (Å²) in [5.74, 6) is 3.73. The lowest BCUT2D eigenvalue weighted by Gasteiger charge is -2.36. The lowest BCUT2D eigenvalue weighted by molar-refractivity contribution is 0.629. The van der Waals surface area contributed by atoms with Crippen LogP contribution in [0.15, 0.2) is 16.9 Å². The number of anilines is 2. The predicted molar refractivity (Wildman–Crippen MR) is 100 cm³/mol. The summed E-state index contributed by atoms with van der Waals surface area (Å²) in [4.78, 5) is 23.4. The van der Waals surface area contributed by atoms with Gasteiger partial charge in [0.25, 0.3) is 0 Å². The van der Waals surface area contributed by atoms with Crippen LogP contribution in [0.5, 0.6) is 0 Å². The van der Waals surface area contributed by atoms with Gasteiger partial charge in [-0.2, -0.15) is 0 Å². The van der Waals surface area contributed by atoms with Gasteiger partial charge in [-0.05, 0) is 48.0 Å². The van der Waals surface area contributed by atoms with Crippen LogP contribution in [0, 0.1) is 0 Å². The van der Waals surface area contributed by atoms with Gasteiger partial charge in [0.2, 0.25) is 5.95 Å². The molecule has 0 aromatic carbocycles. The maximum absolute atomic E-state index is 5.00. The number of nitrogens with zero attached hydrogens (tertiary/aromatic N) is 6. The molecule has 7 heteroatoms. The number of aromatic nitrogens is 4. The average molecular weight is 401 g/mol. The Bertz CT molecular complexity index is 781. The summed E-state index contributed by atoms with van der Waals surface area (Å²) in [5, 5.41) is 0. The molecular formula is C18H21BrN6. The van der Waals surface area contributed by atoms with Crippen LogP contribution in [0.3, 0.4) is 0 Å². The van der Waals surface area contributed by atoms with Crippen molar-refractivity contribution in [1.29, 1.82) is 0 Å². The first kappa shape index (κ1) is 15.5. The fourth-order valence-corrected chi connectivity index (χ4v) is 4.01. The van der Waals surface area contributed by atoms with Crippen LogP contribution < -0.4 is 9.80 Å². The molecule has 130 valence electrons. The minimum atomic E-state index is 0.613. The molecule has 0 radical (unpaired) electrons. The molecular weight excluding hydrogens is 380 g/mol. The number of piperazine rings is 1. The van der Waals surface area contributed by atoms with Crippen LogP contribution in [0.25, 0.3) is 0 Å². The smallest absolute Gasteiger partial charge is 0.225 e. The first-order chi connectivity index (χ1) is 12.3. The molecule has 6 nitrogen and oxygen atoms in total. The summed E-state index contributed by atoms with van der Waals surface area (Å²) in [5.41, 5.74) is 2.71. The van der Waals surface area contributed by atoms with Gasteiger partial charge in [0.05, 0.1) is 4.47 Å². The third-order valence-electron chi connectivity index (χ3n) is 5.34. The lowest BCUT2D eigenvalue weighted by Crippen LogP contribution is -2.47. The highest BCUT2D eigenvalue weighted by molar-refractivity contribution is 9.10. The molecule has 2 aromatic heterocycles. The van der Waals surface area contributed by atoms with Gasteiger partial charge in [-0.25, -0.2) is 19.9 Å². The Hall–Kier alpha value is -1.76. The minimum absolute atomic E-state index is 0.613. The number of hydrogen-bond acceptors (Lipinski definition) is 6. The SMILES string of the molecule is Brc1cnc(N2CCN(c3nc(C4CC4)nc4c3CCC4)CC2)nc1. The fraction of sp³-hybridized carbons (Fsp3) is 0.556. The summed E-state index contributed by atoms with van der Waals surface area (Å²) < 4.78 is 0.916. The standard InChI is InChI=1S/C18H21BrN6/c19-13-10-20-18(21-11-13)25-8-6-24(7-9-25)17-14-2-1-3-15(14)22-16(23-17)12-4-5-12/h10-12H,1-9H2. The maximum Gasteiger partial charge on any atom is 0.225 e. The number of fused-ring (bicyclic) bond motifs is 1. The van der Waals surface area contributed by atoms with Gasteiger partial charge in [-0.3, -0.25) is 0 Å². The monoisotopic (exact) mass is 400 g/mol. The third kappa shape index (κ3) is 2.99. The van der Waals surface area contributed by atoms with Gasteiger partial charge in [0, 0.05) is 55.7 Å². The molecule has 0 N–H and O–H groups in total. The van der Waals surface area contributed by atoms with Crippen LogP contribution in [0.1, 0.15) is 42.3 Å². The Morgan fingerprint density at radius 1 is 0.920 bits per heavy atom. The lowest BCUT2D eigenvalue weighted by atomic mass is 10.2. The molecule has 0 amide bonds. The van der Waals surface area contributed by atoms with Crippen molar-refractivity contribution in [3.63, 3.8) is 0 Å². The molecule has 1 saturated carbocycles. The Labute approximate surface area is 155 Å². The molecule has 0 bridgehead atoms. The quantitative estimate of drug-likeness (QED) is 0.789. The molecule has 0 spiro atoms. The number of halogens is 1. The maximum atomic E-state index is 5.00. The highest BCUT2D eigenvalue weighted by atomic mass is 79.9. The Morgan fingerprint density at radius 2 is 1.64 bits per heavy atom. The number of hydrogen-bond donors (Lipinski definition) is 0. The summed E-state index contributed by atoms with van der Waals surface area (Å²) in [7, 11) is 0. The van der Waals surface area contributed by atoms with E-state index in [1.165, 1.54) is 36.3 Å². The molecule has 25 heavy (non-hydrogen) atoms. The summed E-state index contributed by atoms with van der Waals surface area (Å²) in [6.45, 7) is 3.79. The van der Waals surface area contributed by atoms with E-state index in [-0.39, 0.29) is 0 Å². The zero-order chi connectivity index (χ0) is 16.8. The van der Waals surface area contributed by atoms with Gasteiger partial charge in [0.1, 0.15) is 11.6 Å². The normalized spacial score (nSPS) is 20.0. The van der Waals surface area contributed by atoms with Gasteiger partial charge in [-0.15, -0.1) is 0 Å². The van der Waals surface area contributed by atoms with Crippen LogP contribution >= 0.6 is 15.9 Å². The second kappa shape index (κ2) is 6.20. The molecule has 0 atom stereocenters. The van der Waals surface area contributed by atoms with Crippen molar-refractivity contribution in [2.75, 3.05) is 36.0 Å². The van der Waals surface area contributed by atoms with Crippen molar-refractivity contribution < 1.29 is 0 Å². The summed E-state index contributed by atoms with van der Waals surface area (Å²) in [6, 6.07) is 0. The van der Waals surface area contributed by atoms with Gasteiger partial charge < -0.3 is 9.80 Å². The highest BCUT2D eigenvalue weighted by Gasteiger charge is 2.31. The van der Waals surface area contributed by atoms with Gasteiger partial charge >= 0.3 is 0 Å².